The Morgan fingerprint density at radius 3 is 2.50 bits per heavy atom. The molecule has 1 amide bonds. The molecule has 0 aliphatic heterocycles. The zero-order chi connectivity index (χ0) is 15.3. The van der Waals surface area contributed by atoms with Crippen LogP contribution in [0.5, 0.6) is 0 Å². The Labute approximate surface area is 115 Å². The van der Waals surface area contributed by atoms with Crippen LogP contribution >= 0.6 is 0 Å². The Morgan fingerprint density at radius 2 is 2.05 bits per heavy atom. The first-order chi connectivity index (χ1) is 9.28. The molecule has 20 heavy (non-hydrogen) atoms. The van der Waals surface area contributed by atoms with Crippen LogP contribution in [0, 0.1) is 6.92 Å². The summed E-state index contributed by atoms with van der Waals surface area (Å²) in [6.07, 6.45) is -3.94. The fourth-order valence-corrected chi connectivity index (χ4v) is 1.88. The van der Waals surface area contributed by atoms with E-state index in [1.165, 1.54) is 12.1 Å². The smallest absolute Gasteiger partial charge is 0.330 e. The molecule has 1 aromatic carbocycles. The number of hydrogen-bond acceptors (Lipinski definition) is 3. The van der Waals surface area contributed by atoms with Gasteiger partial charge in [-0.05, 0) is 37.1 Å². The zero-order valence-electron chi connectivity index (χ0n) is 11.4. The van der Waals surface area contributed by atoms with Gasteiger partial charge in [-0.1, -0.05) is 6.92 Å². The summed E-state index contributed by atoms with van der Waals surface area (Å²) >= 11 is 0. The Bertz CT molecular complexity index is 474. The summed E-state index contributed by atoms with van der Waals surface area (Å²) in [7, 11) is 0. The lowest BCUT2D eigenvalue weighted by atomic mass is 10.1. The van der Waals surface area contributed by atoms with Crippen molar-refractivity contribution in [3.8, 4) is 0 Å². The van der Waals surface area contributed by atoms with E-state index in [0.29, 0.717) is 17.7 Å². The van der Waals surface area contributed by atoms with E-state index >= 15 is 0 Å². The Kier molecular flexibility index (Phi) is 5.38. The van der Waals surface area contributed by atoms with Crippen molar-refractivity contribution in [2.75, 3.05) is 18.5 Å². The highest BCUT2D eigenvalue weighted by Gasteiger charge is 2.33. The summed E-state index contributed by atoms with van der Waals surface area (Å²) in [5, 5.41) is 0. The largest absolute Gasteiger partial charge is 0.406 e. The maximum Gasteiger partial charge on any atom is 0.406 e. The first-order valence-electron chi connectivity index (χ1n) is 6.21. The van der Waals surface area contributed by atoms with Gasteiger partial charge in [0.1, 0.15) is 6.54 Å². The Morgan fingerprint density at radius 1 is 1.40 bits per heavy atom. The van der Waals surface area contributed by atoms with E-state index in [0.717, 1.165) is 4.90 Å². The molecule has 0 atom stereocenters. The topological polar surface area (TPSA) is 58.4 Å². The molecule has 0 aromatic heterocycles. The highest BCUT2D eigenvalue weighted by molar-refractivity contribution is 5.95. The standard InChI is InChI=1S/C13H18F3N3O/c1-3-6-19(8-13(14,15)16)12(20)10-4-5-11(18-17)9(2)7-10/h4-5,7,18H,3,6,8,17H2,1-2H3. The van der Waals surface area contributed by atoms with Gasteiger partial charge >= 0.3 is 6.18 Å². The van der Waals surface area contributed by atoms with Crippen molar-refractivity contribution in [3.05, 3.63) is 29.3 Å². The number of amides is 1. The number of halogens is 3. The van der Waals surface area contributed by atoms with Crippen LogP contribution in [0.3, 0.4) is 0 Å². The quantitative estimate of drug-likeness (QED) is 0.647. The second kappa shape index (κ2) is 6.60. The number of nitrogen functional groups attached to an aromatic ring is 1. The summed E-state index contributed by atoms with van der Waals surface area (Å²) in [6, 6.07) is 4.56. The number of anilines is 1. The number of carbonyl (C=O) groups excluding carboxylic acids is 1. The van der Waals surface area contributed by atoms with Gasteiger partial charge in [0.05, 0.1) is 5.69 Å². The molecule has 112 valence electrons. The highest BCUT2D eigenvalue weighted by Crippen LogP contribution is 2.20. The minimum Gasteiger partial charge on any atom is -0.330 e. The second-order valence-electron chi connectivity index (χ2n) is 4.52. The molecule has 0 aliphatic rings. The van der Waals surface area contributed by atoms with Crippen LogP contribution in [-0.4, -0.2) is 30.1 Å². The first-order valence-corrected chi connectivity index (χ1v) is 6.21. The molecule has 0 heterocycles. The predicted octanol–water partition coefficient (Wildman–Crippen LogP) is 2.70. The number of alkyl halides is 3. The summed E-state index contributed by atoms with van der Waals surface area (Å²) in [5.74, 6) is 4.64. The third kappa shape index (κ3) is 4.41. The number of benzene rings is 1. The van der Waals surface area contributed by atoms with E-state index in [-0.39, 0.29) is 12.1 Å². The van der Waals surface area contributed by atoms with E-state index in [1.54, 1.807) is 19.9 Å². The molecule has 4 nitrogen and oxygen atoms in total. The number of carbonyl (C=O) groups is 1. The number of rotatable bonds is 5. The molecule has 0 saturated heterocycles. The van der Waals surface area contributed by atoms with Crippen molar-refractivity contribution in [2.24, 2.45) is 5.84 Å². The van der Waals surface area contributed by atoms with Crippen molar-refractivity contribution in [2.45, 2.75) is 26.4 Å². The lowest BCUT2D eigenvalue weighted by Crippen LogP contribution is -2.39. The zero-order valence-corrected chi connectivity index (χ0v) is 11.4. The molecule has 1 aromatic rings. The summed E-state index contributed by atoms with van der Waals surface area (Å²) in [5.41, 5.74) is 3.99. The minimum atomic E-state index is -4.40. The maximum absolute atomic E-state index is 12.5. The van der Waals surface area contributed by atoms with E-state index in [1.807, 2.05) is 0 Å². The average molecular weight is 289 g/mol. The average Bonchev–Trinajstić information content (AvgIpc) is 2.35. The van der Waals surface area contributed by atoms with Gasteiger partial charge in [-0.2, -0.15) is 13.2 Å². The van der Waals surface area contributed by atoms with Gasteiger partial charge in [-0.3, -0.25) is 10.6 Å². The second-order valence-corrected chi connectivity index (χ2v) is 4.52. The SMILES string of the molecule is CCCN(CC(F)(F)F)C(=O)c1ccc(NN)c(C)c1. The molecule has 0 aliphatic carbocycles. The fraction of sp³-hybridized carbons (Fsp3) is 0.462. The Hall–Kier alpha value is -1.76. The van der Waals surface area contributed by atoms with Crippen LogP contribution in [-0.2, 0) is 0 Å². The molecule has 0 unspecified atom stereocenters. The molecule has 1 rings (SSSR count). The minimum absolute atomic E-state index is 0.0638. The van der Waals surface area contributed by atoms with E-state index in [2.05, 4.69) is 5.43 Å². The number of hydrogen-bond donors (Lipinski definition) is 2. The van der Waals surface area contributed by atoms with E-state index < -0.39 is 18.6 Å². The van der Waals surface area contributed by atoms with Crippen LogP contribution in [0.4, 0.5) is 18.9 Å². The van der Waals surface area contributed by atoms with Gasteiger partial charge in [0.15, 0.2) is 0 Å². The third-order valence-corrected chi connectivity index (χ3v) is 2.78. The van der Waals surface area contributed by atoms with Gasteiger partial charge in [0, 0.05) is 12.1 Å². The van der Waals surface area contributed by atoms with Crippen molar-refractivity contribution in [1.82, 2.24) is 4.90 Å². The van der Waals surface area contributed by atoms with Crippen molar-refractivity contribution in [1.29, 1.82) is 0 Å². The van der Waals surface area contributed by atoms with Gasteiger partial charge in [-0.15, -0.1) is 0 Å². The Balaban J connectivity index is 2.97. The van der Waals surface area contributed by atoms with Crippen LogP contribution in [0.1, 0.15) is 29.3 Å². The van der Waals surface area contributed by atoms with Gasteiger partial charge in [-0.25, -0.2) is 0 Å². The molecule has 3 N–H and O–H groups in total. The molecular weight excluding hydrogens is 271 g/mol. The van der Waals surface area contributed by atoms with E-state index in [4.69, 9.17) is 5.84 Å². The summed E-state index contributed by atoms with van der Waals surface area (Å²) in [4.78, 5) is 12.9. The monoisotopic (exact) mass is 289 g/mol. The first kappa shape index (κ1) is 16.3. The molecule has 0 bridgehead atoms. The summed E-state index contributed by atoms with van der Waals surface area (Å²) in [6.45, 7) is 2.27. The normalized spacial score (nSPS) is 11.3. The number of aryl methyl sites for hydroxylation is 1. The van der Waals surface area contributed by atoms with Crippen LogP contribution in [0.2, 0.25) is 0 Å². The molecule has 0 fully saturated rings. The molecule has 0 radical (unpaired) electrons. The summed E-state index contributed by atoms with van der Waals surface area (Å²) < 4.78 is 37.4. The van der Waals surface area contributed by atoms with Crippen LogP contribution in [0.25, 0.3) is 0 Å². The van der Waals surface area contributed by atoms with Gasteiger partial charge in [0.25, 0.3) is 5.91 Å². The molecule has 0 spiro atoms. The molecule has 0 saturated carbocycles. The number of nitrogens with one attached hydrogen (secondary N) is 1. The lowest BCUT2D eigenvalue weighted by Gasteiger charge is -2.23. The van der Waals surface area contributed by atoms with Crippen molar-refractivity contribution >= 4 is 11.6 Å². The molecular formula is C13H18F3N3O. The van der Waals surface area contributed by atoms with Crippen LogP contribution < -0.4 is 11.3 Å². The number of nitrogens with two attached hydrogens (primary N) is 1. The van der Waals surface area contributed by atoms with Gasteiger partial charge < -0.3 is 10.3 Å². The van der Waals surface area contributed by atoms with Crippen molar-refractivity contribution < 1.29 is 18.0 Å². The van der Waals surface area contributed by atoms with E-state index in [9.17, 15) is 18.0 Å². The molecule has 7 heteroatoms. The van der Waals surface area contributed by atoms with Crippen LogP contribution in [0.15, 0.2) is 18.2 Å². The van der Waals surface area contributed by atoms with Crippen molar-refractivity contribution in [3.63, 3.8) is 0 Å². The number of hydrazine groups is 1. The van der Waals surface area contributed by atoms with Gasteiger partial charge in [0.2, 0.25) is 0 Å². The number of nitrogens with zero attached hydrogens (tertiary/aromatic N) is 1. The fourth-order valence-electron chi connectivity index (χ4n) is 1.88. The highest BCUT2D eigenvalue weighted by atomic mass is 19.4. The predicted molar refractivity (Wildman–Crippen MR) is 71.2 cm³/mol. The maximum atomic E-state index is 12.5. The third-order valence-electron chi connectivity index (χ3n) is 2.78. The lowest BCUT2D eigenvalue weighted by molar-refractivity contribution is -0.140.